The SMILES string of the molecule is COc1cc(/C=C2/CCC/C(=C\c3ccc(OCCC(C)C)c(OC)c3)C2=O)ccc1OCCC(C)C. The minimum atomic E-state index is 0.0960. The van der Waals surface area contributed by atoms with E-state index in [4.69, 9.17) is 18.9 Å². The van der Waals surface area contributed by atoms with Crippen molar-refractivity contribution in [2.45, 2.75) is 59.8 Å². The maximum Gasteiger partial charge on any atom is 0.185 e. The molecule has 200 valence electrons. The van der Waals surface area contributed by atoms with Crippen molar-refractivity contribution in [1.82, 2.24) is 0 Å². The van der Waals surface area contributed by atoms with E-state index in [9.17, 15) is 4.79 Å². The van der Waals surface area contributed by atoms with E-state index in [0.717, 1.165) is 65.9 Å². The number of carbonyl (C=O) groups is 1. The van der Waals surface area contributed by atoms with E-state index in [-0.39, 0.29) is 5.78 Å². The molecule has 2 aromatic carbocycles. The minimum Gasteiger partial charge on any atom is -0.493 e. The summed E-state index contributed by atoms with van der Waals surface area (Å²) < 4.78 is 22.9. The molecule has 0 unspecified atom stereocenters. The Bertz CT molecular complexity index is 1020. The van der Waals surface area contributed by atoms with Gasteiger partial charge in [0, 0.05) is 11.1 Å². The molecule has 3 rings (SSSR count). The zero-order valence-electron chi connectivity index (χ0n) is 23.3. The highest BCUT2D eigenvalue weighted by Crippen LogP contribution is 2.34. The largest absolute Gasteiger partial charge is 0.493 e. The van der Waals surface area contributed by atoms with E-state index in [0.29, 0.717) is 36.5 Å². The molecule has 0 aromatic heterocycles. The summed E-state index contributed by atoms with van der Waals surface area (Å²) in [5, 5.41) is 0. The van der Waals surface area contributed by atoms with Gasteiger partial charge in [0.05, 0.1) is 27.4 Å². The Kier molecular flexibility index (Phi) is 10.7. The zero-order chi connectivity index (χ0) is 26.8. The Morgan fingerprint density at radius 3 is 1.51 bits per heavy atom. The third-order valence-electron chi connectivity index (χ3n) is 6.44. The second kappa shape index (κ2) is 13.9. The summed E-state index contributed by atoms with van der Waals surface area (Å²) in [6, 6.07) is 11.7. The molecule has 0 amide bonds. The van der Waals surface area contributed by atoms with Crippen LogP contribution in [0, 0.1) is 11.8 Å². The fraction of sp³-hybridized carbons (Fsp3) is 0.469. The van der Waals surface area contributed by atoms with Crippen molar-refractivity contribution in [1.29, 1.82) is 0 Å². The summed E-state index contributed by atoms with van der Waals surface area (Å²) in [4.78, 5) is 13.3. The van der Waals surface area contributed by atoms with Crippen LogP contribution in [0.2, 0.25) is 0 Å². The Hall–Kier alpha value is -3.21. The summed E-state index contributed by atoms with van der Waals surface area (Å²) in [6.07, 6.45) is 8.37. The van der Waals surface area contributed by atoms with Gasteiger partial charge in [0.25, 0.3) is 0 Å². The highest BCUT2D eigenvalue weighted by molar-refractivity contribution is 6.14. The van der Waals surface area contributed by atoms with Crippen LogP contribution in [0.1, 0.15) is 70.9 Å². The molecule has 1 aliphatic carbocycles. The number of ketones is 1. The third kappa shape index (κ3) is 8.41. The number of Topliss-reactive ketones (excluding diaryl/α,β-unsaturated/α-hetero) is 1. The Morgan fingerprint density at radius 2 is 1.14 bits per heavy atom. The van der Waals surface area contributed by atoms with Crippen LogP contribution in [0.5, 0.6) is 23.0 Å². The third-order valence-corrected chi connectivity index (χ3v) is 6.44. The average molecular weight is 507 g/mol. The lowest BCUT2D eigenvalue weighted by Gasteiger charge is -2.18. The van der Waals surface area contributed by atoms with Crippen molar-refractivity contribution in [3.63, 3.8) is 0 Å². The Labute approximate surface area is 222 Å². The molecule has 0 spiro atoms. The molecule has 1 aliphatic rings. The molecule has 0 atom stereocenters. The number of methoxy groups -OCH3 is 2. The summed E-state index contributed by atoms with van der Waals surface area (Å²) in [5.41, 5.74) is 3.49. The molecular weight excluding hydrogens is 464 g/mol. The van der Waals surface area contributed by atoms with Gasteiger partial charge in [-0.15, -0.1) is 0 Å². The number of ether oxygens (including phenoxy) is 4. The maximum atomic E-state index is 13.3. The van der Waals surface area contributed by atoms with Crippen molar-refractivity contribution in [3.05, 3.63) is 58.7 Å². The van der Waals surface area contributed by atoms with Crippen LogP contribution in [0.25, 0.3) is 12.2 Å². The first-order valence-electron chi connectivity index (χ1n) is 13.4. The van der Waals surface area contributed by atoms with E-state index < -0.39 is 0 Å². The van der Waals surface area contributed by atoms with Crippen molar-refractivity contribution in [2.75, 3.05) is 27.4 Å². The molecule has 37 heavy (non-hydrogen) atoms. The van der Waals surface area contributed by atoms with Crippen LogP contribution in [-0.4, -0.2) is 33.2 Å². The molecule has 2 aromatic rings. The number of allylic oxidation sites excluding steroid dienone is 2. The lowest BCUT2D eigenvalue weighted by Crippen LogP contribution is -2.12. The van der Waals surface area contributed by atoms with Gasteiger partial charge in [0.15, 0.2) is 28.8 Å². The zero-order valence-corrected chi connectivity index (χ0v) is 23.3. The number of hydrogen-bond donors (Lipinski definition) is 0. The molecule has 0 aliphatic heterocycles. The van der Waals surface area contributed by atoms with Crippen LogP contribution < -0.4 is 18.9 Å². The molecule has 0 radical (unpaired) electrons. The van der Waals surface area contributed by atoms with Gasteiger partial charge in [-0.2, -0.15) is 0 Å². The molecule has 1 saturated carbocycles. The van der Waals surface area contributed by atoms with Gasteiger partial charge in [-0.1, -0.05) is 39.8 Å². The minimum absolute atomic E-state index is 0.0960. The number of hydrogen-bond acceptors (Lipinski definition) is 5. The van der Waals surface area contributed by atoms with E-state index in [2.05, 4.69) is 27.7 Å². The highest BCUT2D eigenvalue weighted by Gasteiger charge is 2.21. The van der Waals surface area contributed by atoms with Gasteiger partial charge in [0.1, 0.15) is 0 Å². The van der Waals surface area contributed by atoms with Crippen LogP contribution in [0.4, 0.5) is 0 Å². The molecule has 0 bridgehead atoms. The van der Waals surface area contributed by atoms with E-state index in [1.54, 1.807) is 14.2 Å². The molecule has 0 N–H and O–H groups in total. The van der Waals surface area contributed by atoms with Crippen molar-refractivity contribution < 1.29 is 23.7 Å². The predicted molar refractivity (Wildman–Crippen MR) is 151 cm³/mol. The second-order valence-electron chi connectivity index (χ2n) is 10.4. The summed E-state index contributed by atoms with van der Waals surface area (Å²) >= 11 is 0. The molecule has 5 nitrogen and oxygen atoms in total. The van der Waals surface area contributed by atoms with Crippen LogP contribution in [-0.2, 0) is 4.79 Å². The molecule has 1 fully saturated rings. The first kappa shape index (κ1) is 28.4. The van der Waals surface area contributed by atoms with Gasteiger partial charge >= 0.3 is 0 Å². The van der Waals surface area contributed by atoms with E-state index in [1.165, 1.54) is 0 Å². The Morgan fingerprint density at radius 1 is 0.703 bits per heavy atom. The lowest BCUT2D eigenvalue weighted by atomic mass is 9.87. The average Bonchev–Trinajstić information content (AvgIpc) is 2.87. The first-order chi connectivity index (χ1) is 17.8. The molecule has 0 saturated heterocycles. The van der Waals surface area contributed by atoms with Crippen LogP contribution in [0.15, 0.2) is 47.5 Å². The summed E-state index contributed by atoms with van der Waals surface area (Å²) in [7, 11) is 3.28. The van der Waals surface area contributed by atoms with Gasteiger partial charge < -0.3 is 18.9 Å². The van der Waals surface area contributed by atoms with Gasteiger partial charge in [0.2, 0.25) is 0 Å². The normalized spacial score (nSPS) is 16.1. The van der Waals surface area contributed by atoms with Crippen molar-refractivity contribution in [3.8, 4) is 23.0 Å². The van der Waals surface area contributed by atoms with Crippen LogP contribution >= 0.6 is 0 Å². The van der Waals surface area contributed by atoms with E-state index >= 15 is 0 Å². The predicted octanol–water partition coefficient (Wildman–Crippen LogP) is 7.77. The van der Waals surface area contributed by atoms with E-state index in [1.807, 2.05) is 48.6 Å². The topological polar surface area (TPSA) is 54.0 Å². The summed E-state index contributed by atoms with van der Waals surface area (Å²) in [5.74, 6) is 4.07. The molecule has 5 heteroatoms. The maximum absolute atomic E-state index is 13.3. The van der Waals surface area contributed by atoms with Gasteiger partial charge in [-0.25, -0.2) is 0 Å². The fourth-order valence-electron chi connectivity index (χ4n) is 4.18. The smallest absolute Gasteiger partial charge is 0.185 e. The van der Waals surface area contributed by atoms with Crippen molar-refractivity contribution >= 4 is 17.9 Å². The van der Waals surface area contributed by atoms with Gasteiger partial charge in [-0.05, 0) is 91.5 Å². The second-order valence-corrected chi connectivity index (χ2v) is 10.4. The van der Waals surface area contributed by atoms with Crippen LogP contribution in [0.3, 0.4) is 0 Å². The number of carbonyl (C=O) groups excluding carboxylic acids is 1. The van der Waals surface area contributed by atoms with Crippen molar-refractivity contribution in [2.24, 2.45) is 11.8 Å². The lowest BCUT2D eigenvalue weighted by molar-refractivity contribution is -0.112. The number of benzene rings is 2. The quantitative estimate of drug-likeness (QED) is 0.275. The number of rotatable bonds is 12. The standard InChI is InChI=1S/C32H42O5/c1-22(2)14-16-36-28-12-10-24(20-30(28)34-5)18-26-8-7-9-27(32(26)33)19-25-11-13-29(31(21-25)35-6)37-17-15-23(3)4/h10-13,18-23H,7-9,14-17H2,1-6H3/b26-18-,27-19+. The molecule has 0 heterocycles. The molecular formula is C32H42O5. The monoisotopic (exact) mass is 506 g/mol. The highest BCUT2D eigenvalue weighted by atomic mass is 16.5. The Balaban J connectivity index is 1.75. The summed E-state index contributed by atoms with van der Waals surface area (Å²) in [6.45, 7) is 10.0. The fourth-order valence-corrected chi connectivity index (χ4v) is 4.18. The first-order valence-corrected chi connectivity index (χ1v) is 13.4. The van der Waals surface area contributed by atoms with Gasteiger partial charge in [-0.3, -0.25) is 4.79 Å².